The van der Waals surface area contributed by atoms with Gasteiger partial charge in [-0.3, -0.25) is 9.78 Å². The van der Waals surface area contributed by atoms with Crippen LogP contribution in [0.4, 0.5) is 0 Å². The zero-order valence-electron chi connectivity index (χ0n) is 13.1. The van der Waals surface area contributed by atoms with Gasteiger partial charge >= 0.3 is 0 Å². The second-order valence-electron chi connectivity index (χ2n) is 4.88. The minimum absolute atomic E-state index is 0.0989. The number of methoxy groups -OCH3 is 1. The van der Waals surface area contributed by atoms with Crippen LogP contribution in [-0.4, -0.2) is 41.2 Å². The summed E-state index contributed by atoms with van der Waals surface area (Å²) >= 11 is 0. The van der Waals surface area contributed by atoms with Crippen molar-refractivity contribution in [1.29, 1.82) is 0 Å². The van der Waals surface area contributed by atoms with Gasteiger partial charge in [-0.1, -0.05) is 24.3 Å². The Morgan fingerprint density at radius 1 is 1.26 bits per heavy atom. The second kappa shape index (κ2) is 8.70. The van der Waals surface area contributed by atoms with Crippen molar-refractivity contribution in [1.82, 2.24) is 9.88 Å². The molecule has 1 aromatic carbocycles. The normalized spacial score (nSPS) is 10.7. The summed E-state index contributed by atoms with van der Waals surface area (Å²) in [6.07, 6.45) is 4.80. The lowest BCUT2D eigenvalue weighted by Gasteiger charge is -2.21. The molecule has 2 aromatic rings. The molecule has 1 amide bonds. The number of aromatic nitrogens is 1. The average Bonchev–Trinajstić information content (AvgIpc) is 2.60. The van der Waals surface area contributed by atoms with E-state index >= 15 is 0 Å². The summed E-state index contributed by atoms with van der Waals surface area (Å²) in [6.45, 7) is 0.526. The Kier molecular flexibility index (Phi) is 6.32. The van der Waals surface area contributed by atoms with Crippen molar-refractivity contribution < 1.29 is 14.6 Å². The van der Waals surface area contributed by atoms with E-state index in [0.29, 0.717) is 12.2 Å². The molecule has 1 N–H and O–H groups in total. The number of para-hydroxylation sites is 1. The number of benzene rings is 1. The summed E-state index contributed by atoms with van der Waals surface area (Å²) in [6, 6.07) is 13.0. The molecule has 0 saturated carbocycles. The van der Waals surface area contributed by atoms with Gasteiger partial charge in [-0.25, -0.2) is 0 Å². The Labute approximate surface area is 135 Å². The summed E-state index contributed by atoms with van der Waals surface area (Å²) in [5.41, 5.74) is 1.60. The molecule has 0 spiro atoms. The molecule has 0 aliphatic heterocycles. The molecule has 0 unspecified atom stereocenters. The number of carbonyl (C=O) groups excluding carboxylic acids is 1. The number of ether oxygens (including phenoxy) is 1. The third-order valence-electron chi connectivity index (χ3n) is 3.32. The van der Waals surface area contributed by atoms with Crippen molar-refractivity contribution in [2.75, 3.05) is 20.3 Å². The monoisotopic (exact) mass is 312 g/mol. The van der Waals surface area contributed by atoms with Gasteiger partial charge in [0.2, 0.25) is 5.91 Å². The molecule has 0 radical (unpaired) electrons. The van der Waals surface area contributed by atoms with Crippen molar-refractivity contribution >= 4 is 12.0 Å². The number of amides is 1. The Hall–Kier alpha value is -2.66. The van der Waals surface area contributed by atoms with Crippen molar-refractivity contribution in [2.45, 2.75) is 6.54 Å². The fourth-order valence-corrected chi connectivity index (χ4v) is 2.16. The molecule has 5 heteroatoms. The maximum atomic E-state index is 12.4. The van der Waals surface area contributed by atoms with Gasteiger partial charge in [-0.05, 0) is 24.3 Å². The van der Waals surface area contributed by atoms with E-state index in [4.69, 9.17) is 4.74 Å². The largest absolute Gasteiger partial charge is 0.496 e. The van der Waals surface area contributed by atoms with Gasteiger partial charge in [0, 0.05) is 30.9 Å². The molecule has 2 rings (SSSR count). The highest BCUT2D eigenvalue weighted by molar-refractivity contribution is 5.91. The number of aliphatic hydroxyl groups is 1. The van der Waals surface area contributed by atoms with Gasteiger partial charge in [0.25, 0.3) is 0 Å². The first-order valence-corrected chi connectivity index (χ1v) is 7.35. The van der Waals surface area contributed by atoms with Gasteiger partial charge < -0.3 is 14.7 Å². The van der Waals surface area contributed by atoms with Crippen molar-refractivity contribution in [3.63, 3.8) is 0 Å². The first-order valence-electron chi connectivity index (χ1n) is 7.35. The van der Waals surface area contributed by atoms with E-state index in [2.05, 4.69) is 4.98 Å². The fraction of sp³-hybridized carbons (Fsp3) is 0.222. The minimum Gasteiger partial charge on any atom is -0.496 e. The highest BCUT2D eigenvalue weighted by Gasteiger charge is 2.13. The fourth-order valence-electron chi connectivity index (χ4n) is 2.16. The number of carbonyl (C=O) groups is 1. The summed E-state index contributed by atoms with van der Waals surface area (Å²) in [5.74, 6) is 0.535. The van der Waals surface area contributed by atoms with E-state index in [0.717, 1.165) is 11.3 Å². The molecular weight excluding hydrogens is 292 g/mol. The quantitative estimate of drug-likeness (QED) is 0.796. The molecule has 0 aliphatic rings. The van der Waals surface area contributed by atoms with Gasteiger partial charge in [-0.15, -0.1) is 0 Å². The van der Waals surface area contributed by atoms with Crippen LogP contribution in [0.3, 0.4) is 0 Å². The van der Waals surface area contributed by atoms with Gasteiger partial charge in [0.1, 0.15) is 5.75 Å². The lowest BCUT2D eigenvalue weighted by atomic mass is 10.2. The van der Waals surface area contributed by atoms with Crippen LogP contribution in [0, 0.1) is 0 Å². The van der Waals surface area contributed by atoms with Crippen molar-refractivity contribution in [3.05, 3.63) is 66.0 Å². The zero-order valence-corrected chi connectivity index (χ0v) is 13.1. The van der Waals surface area contributed by atoms with Crippen LogP contribution in [0.25, 0.3) is 6.08 Å². The topological polar surface area (TPSA) is 62.7 Å². The van der Waals surface area contributed by atoms with E-state index in [1.807, 2.05) is 42.5 Å². The average molecular weight is 312 g/mol. The molecule has 5 nitrogen and oxygen atoms in total. The van der Waals surface area contributed by atoms with Gasteiger partial charge in [-0.2, -0.15) is 0 Å². The molecule has 0 atom stereocenters. The molecule has 0 fully saturated rings. The van der Waals surface area contributed by atoms with Crippen LogP contribution in [0.2, 0.25) is 0 Å². The Bertz CT molecular complexity index is 656. The Morgan fingerprint density at radius 3 is 2.74 bits per heavy atom. The third-order valence-corrected chi connectivity index (χ3v) is 3.32. The second-order valence-corrected chi connectivity index (χ2v) is 4.88. The van der Waals surface area contributed by atoms with Gasteiger partial charge in [0.15, 0.2) is 0 Å². The first-order chi connectivity index (χ1) is 11.2. The summed E-state index contributed by atoms with van der Waals surface area (Å²) < 4.78 is 5.30. The van der Waals surface area contributed by atoms with Gasteiger partial charge in [0.05, 0.1) is 19.4 Å². The molecule has 23 heavy (non-hydrogen) atoms. The van der Waals surface area contributed by atoms with Crippen LogP contribution in [0.15, 0.2) is 54.7 Å². The van der Waals surface area contributed by atoms with Crippen LogP contribution in [0.1, 0.15) is 11.3 Å². The highest BCUT2D eigenvalue weighted by atomic mass is 16.5. The highest BCUT2D eigenvalue weighted by Crippen LogP contribution is 2.19. The van der Waals surface area contributed by atoms with Crippen LogP contribution in [-0.2, 0) is 11.3 Å². The minimum atomic E-state index is -0.185. The molecule has 0 bridgehead atoms. The first kappa shape index (κ1) is 16.7. The number of aliphatic hydroxyl groups excluding tert-OH is 1. The van der Waals surface area contributed by atoms with E-state index in [-0.39, 0.29) is 19.1 Å². The molecule has 0 aliphatic carbocycles. The number of hydrogen-bond acceptors (Lipinski definition) is 4. The molecule has 1 aromatic heterocycles. The number of hydrogen-bond donors (Lipinski definition) is 1. The lowest BCUT2D eigenvalue weighted by Crippen LogP contribution is -2.31. The van der Waals surface area contributed by atoms with Crippen LogP contribution >= 0.6 is 0 Å². The van der Waals surface area contributed by atoms with E-state index in [1.54, 1.807) is 24.3 Å². The standard InChI is InChI=1S/C18H20N2O3/c1-23-17-8-3-2-6-15(17)14-20(12-13-21)18(22)10-9-16-7-4-5-11-19-16/h2-11,21H,12-14H2,1H3/b10-9+. The molecule has 1 heterocycles. The maximum absolute atomic E-state index is 12.4. The predicted molar refractivity (Wildman–Crippen MR) is 88.8 cm³/mol. The van der Waals surface area contributed by atoms with Crippen LogP contribution in [0.5, 0.6) is 5.75 Å². The van der Waals surface area contributed by atoms with E-state index < -0.39 is 0 Å². The molecule has 120 valence electrons. The summed E-state index contributed by atoms with van der Waals surface area (Å²) in [4.78, 5) is 18.1. The smallest absolute Gasteiger partial charge is 0.247 e. The Morgan fingerprint density at radius 2 is 2.04 bits per heavy atom. The predicted octanol–water partition coefficient (Wildman–Crippen LogP) is 2.12. The zero-order chi connectivity index (χ0) is 16.5. The van der Waals surface area contributed by atoms with E-state index in [9.17, 15) is 9.90 Å². The summed E-state index contributed by atoms with van der Waals surface area (Å²) in [5, 5.41) is 9.21. The third kappa shape index (κ3) is 4.93. The number of pyridine rings is 1. The Balaban J connectivity index is 2.11. The van der Waals surface area contributed by atoms with Crippen molar-refractivity contribution in [3.8, 4) is 5.75 Å². The van der Waals surface area contributed by atoms with Crippen LogP contribution < -0.4 is 4.74 Å². The summed E-state index contributed by atoms with van der Waals surface area (Å²) in [7, 11) is 1.60. The van der Waals surface area contributed by atoms with E-state index in [1.165, 1.54) is 6.08 Å². The SMILES string of the molecule is COc1ccccc1CN(CCO)C(=O)/C=C/c1ccccn1. The number of rotatable bonds is 7. The molecular formula is C18H20N2O3. The lowest BCUT2D eigenvalue weighted by molar-refractivity contribution is -0.127. The molecule has 0 saturated heterocycles. The maximum Gasteiger partial charge on any atom is 0.247 e. The number of nitrogens with zero attached hydrogens (tertiary/aromatic N) is 2. The van der Waals surface area contributed by atoms with Crippen molar-refractivity contribution in [2.24, 2.45) is 0 Å².